The van der Waals surface area contributed by atoms with E-state index in [-0.39, 0.29) is 11.9 Å². The van der Waals surface area contributed by atoms with E-state index in [0.29, 0.717) is 0 Å². The van der Waals surface area contributed by atoms with Crippen molar-refractivity contribution in [3.63, 3.8) is 0 Å². The number of aromatic nitrogens is 4. The van der Waals surface area contributed by atoms with Crippen LogP contribution in [0.15, 0.2) is 29.9 Å². The second-order valence-electron chi connectivity index (χ2n) is 5.41. The maximum Gasteiger partial charge on any atom is 0.266 e. The number of carbonyl (C=O) groups is 1. The molecular formula is C15H15N5OS. The van der Waals surface area contributed by atoms with Gasteiger partial charge in [-0.25, -0.2) is 4.98 Å². The zero-order valence-electron chi connectivity index (χ0n) is 12.1. The van der Waals surface area contributed by atoms with E-state index < -0.39 is 0 Å². The number of pyridine rings is 1. The van der Waals surface area contributed by atoms with Gasteiger partial charge in [-0.3, -0.25) is 9.20 Å². The van der Waals surface area contributed by atoms with Crippen LogP contribution in [0, 0.1) is 6.92 Å². The zero-order valence-corrected chi connectivity index (χ0v) is 13.0. The predicted molar refractivity (Wildman–Crippen MR) is 82.8 cm³/mol. The molecular weight excluding hydrogens is 298 g/mol. The number of amides is 1. The van der Waals surface area contributed by atoms with Crippen LogP contribution in [0.2, 0.25) is 0 Å². The second-order valence-corrected chi connectivity index (χ2v) is 6.27. The monoisotopic (exact) mass is 313 g/mol. The van der Waals surface area contributed by atoms with E-state index in [4.69, 9.17) is 0 Å². The Kier molecular flexibility index (Phi) is 3.15. The molecule has 1 atom stereocenters. The first kappa shape index (κ1) is 13.4. The van der Waals surface area contributed by atoms with Crippen LogP contribution >= 0.6 is 11.3 Å². The smallest absolute Gasteiger partial charge is 0.266 e. The lowest BCUT2D eigenvalue weighted by atomic mass is 10.2. The first-order valence-electron chi connectivity index (χ1n) is 7.26. The fourth-order valence-electron chi connectivity index (χ4n) is 3.00. The average Bonchev–Trinajstić information content (AvgIpc) is 3.24. The molecule has 1 saturated heterocycles. The van der Waals surface area contributed by atoms with Crippen LogP contribution in [0.3, 0.4) is 0 Å². The van der Waals surface area contributed by atoms with E-state index in [0.717, 1.165) is 41.4 Å². The van der Waals surface area contributed by atoms with Gasteiger partial charge in [-0.2, -0.15) is 0 Å². The second kappa shape index (κ2) is 5.17. The molecule has 0 N–H and O–H groups in total. The number of hydrogen-bond acceptors (Lipinski definition) is 5. The minimum absolute atomic E-state index is 0.0219. The standard InChI is InChI=1S/C15H15N5OS/c1-10-13(22-9-16-10)15(21)19-8-4-5-11(19)14-18-17-12-6-2-3-7-20(12)14/h2-3,6-7,9,11H,4-5,8H2,1H3. The summed E-state index contributed by atoms with van der Waals surface area (Å²) < 4.78 is 1.97. The Morgan fingerprint density at radius 2 is 2.27 bits per heavy atom. The van der Waals surface area contributed by atoms with Gasteiger partial charge >= 0.3 is 0 Å². The first-order valence-corrected chi connectivity index (χ1v) is 8.14. The van der Waals surface area contributed by atoms with Crippen molar-refractivity contribution in [1.29, 1.82) is 0 Å². The summed E-state index contributed by atoms with van der Waals surface area (Å²) in [5.74, 6) is 0.888. The molecule has 1 unspecified atom stereocenters. The van der Waals surface area contributed by atoms with Gasteiger partial charge in [0.2, 0.25) is 0 Å². The van der Waals surface area contributed by atoms with Gasteiger partial charge in [0, 0.05) is 12.7 Å². The highest BCUT2D eigenvalue weighted by Gasteiger charge is 2.34. The molecule has 1 fully saturated rings. The molecule has 0 aliphatic carbocycles. The predicted octanol–water partition coefficient (Wildman–Crippen LogP) is 2.47. The molecule has 3 aromatic heterocycles. The quantitative estimate of drug-likeness (QED) is 0.729. The van der Waals surface area contributed by atoms with Crippen molar-refractivity contribution in [3.05, 3.63) is 46.3 Å². The van der Waals surface area contributed by atoms with E-state index in [1.807, 2.05) is 40.6 Å². The van der Waals surface area contributed by atoms with Crippen LogP contribution < -0.4 is 0 Å². The van der Waals surface area contributed by atoms with E-state index in [9.17, 15) is 4.79 Å². The van der Waals surface area contributed by atoms with E-state index >= 15 is 0 Å². The Morgan fingerprint density at radius 1 is 1.36 bits per heavy atom. The topological polar surface area (TPSA) is 63.4 Å². The molecule has 0 bridgehead atoms. The molecule has 1 aliphatic heterocycles. The third-order valence-corrected chi connectivity index (χ3v) is 5.01. The number of hydrogen-bond donors (Lipinski definition) is 0. The Labute approximate surface area is 131 Å². The summed E-state index contributed by atoms with van der Waals surface area (Å²) in [4.78, 5) is 19.6. The van der Waals surface area contributed by atoms with Crippen LogP contribution in [0.4, 0.5) is 0 Å². The summed E-state index contributed by atoms with van der Waals surface area (Å²) in [5.41, 5.74) is 3.33. The largest absolute Gasteiger partial charge is 0.328 e. The number of rotatable bonds is 2. The van der Waals surface area contributed by atoms with Crippen molar-refractivity contribution in [1.82, 2.24) is 24.5 Å². The Balaban J connectivity index is 1.72. The molecule has 4 heterocycles. The normalized spacial score (nSPS) is 18.2. The molecule has 6 nitrogen and oxygen atoms in total. The first-order chi connectivity index (χ1) is 10.8. The molecule has 0 radical (unpaired) electrons. The van der Waals surface area contributed by atoms with Gasteiger partial charge in [-0.05, 0) is 31.9 Å². The van der Waals surface area contributed by atoms with Crippen molar-refractivity contribution >= 4 is 22.9 Å². The van der Waals surface area contributed by atoms with E-state index in [1.54, 1.807) is 5.51 Å². The number of nitrogens with zero attached hydrogens (tertiary/aromatic N) is 5. The van der Waals surface area contributed by atoms with Crippen LogP contribution in [-0.2, 0) is 0 Å². The third-order valence-electron chi connectivity index (χ3n) is 4.09. The van der Waals surface area contributed by atoms with Gasteiger partial charge in [0.15, 0.2) is 11.5 Å². The fourth-order valence-corrected chi connectivity index (χ4v) is 3.76. The maximum atomic E-state index is 12.8. The molecule has 1 amide bonds. The van der Waals surface area contributed by atoms with Crippen molar-refractivity contribution in [2.24, 2.45) is 0 Å². The molecule has 22 heavy (non-hydrogen) atoms. The minimum atomic E-state index is -0.0219. The molecule has 0 aromatic carbocycles. The molecule has 4 rings (SSSR count). The fraction of sp³-hybridized carbons (Fsp3) is 0.333. The highest BCUT2D eigenvalue weighted by atomic mass is 32.1. The van der Waals surface area contributed by atoms with E-state index in [1.165, 1.54) is 11.3 Å². The third kappa shape index (κ3) is 2.00. The number of fused-ring (bicyclic) bond motifs is 1. The van der Waals surface area contributed by atoms with Crippen molar-refractivity contribution in [3.8, 4) is 0 Å². The molecule has 3 aromatic rings. The van der Waals surface area contributed by atoms with Crippen molar-refractivity contribution in [2.75, 3.05) is 6.54 Å². The van der Waals surface area contributed by atoms with Gasteiger partial charge in [0.1, 0.15) is 4.88 Å². The molecule has 0 saturated carbocycles. The molecule has 1 aliphatic rings. The van der Waals surface area contributed by atoms with Gasteiger partial charge in [0.25, 0.3) is 5.91 Å². The molecule has 112 valence electrons. The number of likely N-dealkylation sites (tertiary alicyclic amines) is 1. The van der Waals surface area contributed by atoms with Crippen molar-refractivity contribution < 1.29 is 4.79 Å². The van der Waals surface area contributed by atoms with Gasteiger partial charge in [-0.1, -0.05) is 6.07 Å². The van der Waals surface area contributed by atoms with Gasteiger partial charge in [0.05, 0.1) is 17.2 Å². The van der Waals surface area contributed by atoms with Gasteiger partial charge < -0.3 is 4.90 Å². The lowest BCUT2D eigenvalue weighted by Crippen LogP contribution is -2.31. The minimum Gasteiger partial charge on any atom is -0.328 e. The SMILES string of the molecule is Cc1ncsc1C(=O)N1CCCC1c1nnc2ccccn12. The number of thiazole rings is 1. The summed E-state index contributed by atoms with van der Waals surface area (Å²) in [6.07, 6.45) is 3.85. The van der Waals surface area contributed by atoms with Gasteiger partial charge in [-0.15, -0.1) is 21.5 Å². The highest BCUT2D eigenvalue weighted by Crippen LogP contribution is 2.33. The Bertz CT molecular complexity index is 839. The lowest BCUT2D eigenvalue weighted by molar-refractivity contribution is 0.0733. The number of aryl methyl sites for hydroxylation is 1. The summed E-state index contributed by atoms with van der Waals surface area (Å²) in [6.45, 7) is 2.63. The summed E-state index contributed by atoms with van der Waals surface area (Å²) >= 11 is 1.40. The zero-order chi connectivity index (χ0) is 15.1. The summed E-state index contributed by atoms with van der Waals surface area (Å²) in [5, 5.41) is 8.52. The van der Waals surface area contributed by atoms with Crippen LogP contribution in [0.5, 0.6) is 0 Å². The average molecular weight is 313 g/mol. The Morgan fingerprint density at radius 3 is 3.09 bits per heavy atom. The van der Waals surface area contributed by atoms with Crippen LogP contribution in [-0.4, -0.2) is 36.9 Å². The van der Waals surface area contributed by atoms with E-state index in [2.05, 4.69) is 15.2 Å². The summed E-state index contributed by atoms with van der Waals surface area (Å²) in [7, 11) is 0. The Hall–Kier alpha value is -2.28. The molecule has 0 spiro atoms. The lowest BCUT2D eigenvalue weighted by Gasteiger charge is -2.23. The molecule has 7 heteroatoms. The maximum absolute atomic E-state index is 12.8. The van der Waals surface area contributed by atoms with Crippen LogP contribution in [0.25, 0.3) is 5.65 Å². The summed E-state index contributed by atoms with van der Waals surface area (Å²) in [6, 6.07) is 5.79. The number of carbonyl (C=O) groups excluding carboxylic acids is 1. The highest BCUT2D eigenvalue weighted by molar-refractivity contribution is 7.11. The van der Waals surface area contributed by atoms with Crippen molar-refractivity contribution in [2.45, 2.75) is 25.8 Å². The van der Waals surface area contributed by atoms with Crippen LogP contribution in [0.1, 0.15) is 40.1 Å².